The molecule has 1 fully saturated rings. The van der Waals surface area contributed by atoms with Crippen LogP contribution >= 0.6 is 0 Å². The van der Waals surface area contributed by atoms with Crippen LogP contribution in [0.1, 0.15) is 17.9 Å². The molecule has 3 rings (SSSR count). The van der Waals surface area contributed by atoms with E-state index in [0.29, 0.717) is 31.9 Å². The number of aromatic nitrogens is 1. The molecule has 1 saturated heterocycles. The Morgan fingerprint density at radius 1 is 1.50 bits per heavy atom. The highest BCUT2D eigenvalue weighted by atomic mass is 16.5. The Balaban J connectivity index is 1.47. The van der Waals surface area contributed by atoms with Crippen LogP contribution in [0.15, 0.2) is 22.6 Å². The Morgan fingerprint density at radius 3 is 3.18 bits per heavy atom. The molecule has 2 aromatic rings. The van der Waals surface area contributed by atoms with E-state index >= 15 is 0 Å². The van der Waals surface area contributed by atoms with E-state index in [2.05, 4.69) is 15.6 Å². The number of hydrogen-bond donors (Lipinski definition) is 2. The summed E-state index contributed by atoms with van der Waals surface area (Å²) in [5.41, 5.74) is 2.79. The molecule has 0 radical (unpaired) electrons. The van der Waals surface area contributed by atoms with E-state index in [9.17, 15) is 4.79 Å². The monoisotopic (exact) mass is 303 g/mol. The first-order valence-corrected chi connectivity index (χ1v) is 7.65. The highest BCUT2D eigenvalue weighted by molar-refractivity contribution is 5.77. The Morgan fingerprint density at radius 2 is 2.41 bits per heavy atom. The number of oxazole rings is 1. The van der Waals surface area contributed by atoms with Crippen LogP contribution in [0, 0.1) is 6.92 Å². The number of benzene rings is 1. The predicted molar refractivity (Wildman–Crippen MR) is 82.7 cm³/mol. The van der Waals surface area contributed by atoms with Gasteiger partial charge in [0.2, 0.25) is 5.91 Å². The number of morpholine rings is 1. The van der Waals surface area contributed by atoms with Gasteiger partial charge in [0, 0.05) is 32.0 Å². The number of rotatable bonds is 5. The molecule has 1 atom stereocenters. The summed E-state index contributed by atoms with van der Waals surface area (Å²) in [5, 5.41) is 6.17. The van der Waals surface area contributed by atoms with Crippen molar-refractivity contribution in [1.29, 1.82) is 0 Å². The van der Waals surface area contributed by atoms with E-state index < -0.39 is 0 Å². The molecular weight excluding hydrogens is 282 g/mol. The Labute approximate surface area is 129 Å². The van der Waals surface area contributed by atoms with Crippen LogP contribution in [-0.4, -0.2) is 43.2 Å². The summed E-state index contributed by atoms with van der Waals surface area (Å²) in [6.45, 7) is 4.65. The van der Waals surface area contributed by atoms with Crippen molar-refractivity contribution in [2.45, 2.75) is 25.8 Å². The van der Waals surface area contributed by atoms with Crippen molar-refractivity contribution >= 4 is 17.0 Å². The third kappa shape index (κ3) is 3.64. The van der Waals surface area contributed by atoms with E-state index in [1.54, 1.807) is 0 Å². The molecule has 0 bridgehead atoms. The molecule has 2 N–H and O–H groups in total. The Kier molecular flexibility index (Phi) is 4.70. The van der Waals surface area contributed by atoms with Crippen LogP contribution in [0.3, 0.4) is 0 Å². The number of carbonyl (C=O) groups excluding carboxylic acids is 1. The molecule has 6 nitrogen and oxygen atoms in total. The van der Waals surface area contributed by atoms with Gasteiger partial charge >= 0.3 is 0 Å². The lowest BCUT2D eigenvalue weighted by Gasteiger charge is -2.23. The number of hydrogen-bond acceptors (Lipinski definition) is 5. The van der Waals surface area contributed by atoms with E-state index in [4.69, 9.17) is 9.15 Å². The van der Waals surface area contributed by atoms with Gasteiger partial charge in [0.05, 0.1) is 13.2 Å². The summed E-state index contributed by atoms with van der Waals surface area (Å²) in [6, 6.07) is 5.98. The third-order valence-corrected chi connectivity index (χ3v) is 3.76. The predicted octanol–water partition coefficient (Wildman–Crippen LogP) is 1.17. The lowest BCUT2D eigenvalue weighted by atomic mass is 10.2. The summed E-state index contributed by atoms with van der Waals surface area (Å²) in [5.74, 6) is 0.680. The zero-order valence-corrected chi connectivity index (χ0v) is 12.7. The normalized spacial score (nSPS) is 18.5. The largest absolute Gasteiger partial charge is 0.441 e. The first kappa shape index (κ1) is 15.0. The second kappa shape index (κ2) is 6.89. The van der Waals surface area contributed by atoms with Crippen molar-refractivity contribution in [3.8, 4) is 0 Å². The van der Waals surface area contributed by atoms with Gasteiger partial charge in [-0.1, -0.05) is 12.1 Å². The van der Waals surface area contributed by atoms with Crippen LogP contribution < -0.4 is 10.6 Å². The van der Waals surface area contributed by atoms with Crippen molar-refractivity contribution in [1.82, 2.24) is 15.6 Å². The van der Waals surface area contributed by atoms with Gasteiger partial charge in [-0.2, -0.15) is 0 Å². The first-order valence-electron chi connectivity index (χ1n) is 7.65. The number of nitrogens with one attached hydrogen (secondary N) is 2. The summed E-state index contributed by atoms with van der Waals surface area (Å²) < 4.78 is 11.0. The average Bonchev–Trinajstić information content (AvgIpc) is 2.93. The number of ether oxygens (including phenoxy) is 1. The van der Waals surface area contributed by atoms with Crippen molar-refractivity contribution in [2.75, 3.05) is 26.3 Å². The fourth-order valence-electron chi connectivity index (χ4n) is 2.59. The van der Waals surface area contributed by atoms with Crippen LogP contribution in [0.4, 0.5) is 0 Å². The van der Waals surface area contributed by atoms with E-state index in [1.807, 2.05) is 25.1 Å². The molecule has 6 heteroatoms. The number of para-hydroxylation sites is 1. The molecule has 0 saturated carbocycles. The van der Waals surface area contributed by atoms with E-state index in [1.165, 1.54) is 0 Å². The molecule has 2 heterocycles. The van der Waals surface area contributed by atoms with Gasteiger partial charge in [-0.25, -0.2) is 4.98 Å². The van der Waals surface area contributed by atoms with Crippen molar-refractivity contribution in [3.63, 3.8) is 0 Å². The van der Waals surface area contributed by atoms with Gasteiger partial charge in [-0.15, -0.1) is 0 Å². The zero-order chi connectivity index (χ0) is 15.4. The number of amides is 1. The van der Waals surface area contributed by atoms with Crippen LogP contribution in [-0.2, 0) is 16.0 Å². The molecule has 1 aliphatic heterocycles. The fraction of sp³-hybridized carbons (Fsp3) is 0.500. The molecular formula is C16H21N3O3. The van der Waals surface area contributed by atoms with Gasteiger partial charge in [-0.05, 0) is 18.6 Å². The van der Waals surface area contributed by atoms with Gasteiger partial charge in [0.1, 0.15) is 5.52 Å². The number of nitrogens with zero attached hydrogens (tertiary/aromatic N) is 1. The van der Waals surface area contributed by atoms with Gasteiger partial charge < -0.3 is 19.8 Å². The van der Waals surface area contributed by atoms with E-state index in [-0.39, 0.29) is 11.9 Å². The third-order valence-electron chi connectivity index (χ3n) is 3.76. The SMILES string of the molecule is Cc1cccc2oc(CCNC(=O)CC3COCCN3)nc12. The first-order chi connectivity index (χ1) is 10.7. The minimum Gasteiger partial charge on any atom is -0.441 e. The number of fused-ring (bicyclic) bond motifs is 1. The van der Waals surface area contributed by atoms with Gasteiger partial charge in [0.25, 0.3) is 0 Å². The minimum absolute atomic E-state index is 0.0234. The van der Waals surface area contributed by atoms with Crippen LogP contribution in [0.2, 0.25) is 0 Å². The molecule has 1 aromatic carbocycles. The summed E-state index contributed by atoms with van der Waals surface area (Å²) in [4.78, 5) is 16.3. The lowest BCUT2D eigenvalue weighted by Crippen LogP contribution is -2.44. The molecule has 118 valence electrons. The average molecular weight is 303 g/mol. The second-order valence-corrected chi connectivity index (χ2v) is 5.56. The Bertz CT molecular complexity index is 647. The molecule has 22 heavy (non-hydrogen) atoms. The maximum atomic E-state index is 11.9. The quantitative estimate of drug-likeness (QED) is 0.867. The van der Waals surface area contributed by atoms with Crippen LogP contribution in [0.25, 0.3) is 11.1 Å². The molecule has 1 aliphatic rings. The molecule has 1 unspecified atom stereocenters. The maximum absolute atomic E-state index is 11.9. The maximum Gasteiger partial charge on any atom is 0.221 e. The zero-order valence-electron chi connectivity index (χ0n) is 12.7. The van der Waals surface area contributed by atoms with Crippen LogP contribution in [0.5, 0.6) is 0 Å². The van der Waals surface area contributed by atoms with Gasteiger partial charge in [-0.3, -0.25) is 4.79 Å². The highest BCUT2D eigenvalue weighted by Gasteiger charge is 2.16. The Hall–Kier alpha value is -1.92. The lowest BCUT2D eigenvalue weighted by molar-refractivity contribution is -0.122. The molecule has 0 spiro atoms. The summed E-state index contributed by atoms with van der Waals surface area (Å²) in [7, 11) is 0. The van der Waals surface area contributed by atoms with E-state index in [0.717, 1.165) is 29.8 Å². The molecule has 0 aliphatic carbocycles. The van der Waals surface area contributed by atoms with Gasteiger partial charge in [0.15, 0.2) is 11.5 Å². The van der Waals surface area contributed by atoms with Crippen molar-refractivity contribution < 1.29 is 13.9 Å². The number of carbonyl (C=O) groups is 1. The molecule has 1 amide bonds. The topological polar surface area (TPSA) is 76.4 Å². The minimum atomic E-state index is 0.0234. The summed E-state index contributed by atoms with van der Waals surface area (Å²) in [6.07, 6.45) is 1.03. The van der Waals surface area contributed by atoms with Crippen molar-refractivity contribution in [3.05, 3.63) is 29.7 Å². The highest BCUT2D eigenvalue weighted by Crippen LogP contribution is 2.18. The smallest absolute Gasteiger partial charge is 0.221 e. The number of aryl methyl sites for hydroxylation is 1. The molecule has 1 aromatic heterocycles. The fourth-order valence-corrected chi connectivity index (χ4v) is 2.59. The summed E-state index contributed by atoms with van der Waals surface area (Å²) >= 11 is 0. The standard InChI is InChI=1S/C16H21N3O3/c1-11-3-2-4-13-16(11)19-15(22-13)5-6-18-14(20)9-12-10-21-8-7-17-12/h2-4,12,17H,5-10H2,1H3,(H,18,20). The second-order valence-electron chi connectivity index (χ2n) is 5.56. The van der Waals surface area contributed by atoms with Crippen molar-refractivity contribution in [2.24, 2.45) is 0 Å².